The second kappa shape index (κ2) is 5.38. The van der Waals surface area contributed by atoms with E-state index in [1.807, 2.05) is 0 Å². The van der Waals surface area contributed by atoms with Crippen molar-refractivity contribution < 1.29 is 4.79 Å². The molecule has 0 radical (unpaired) electrons. The van der Waals surface area contributed by atoms with Gasteiger partial charge in [0.1, 0.15) is 0 Å². The largest absolute Gasteiger partial charge is 0.353 e. The normalized spacial score (nSPS) is 37.3. The summed E-state index contributed by atoms with van der Waals surface area (Å²) in [5, 5.41) is 6.65. The first-order valence-electron chi connectivity index (χ1n) is 7.18. The van der Waals surface area contributed by atoms with Crippen molar-refractivity contribution in [2.75, 3.05) is 13.1 Å². The van der Waals surface area contributed by atoms with Gasteiger partial charge in [0, 0.05) is 12.6 Å². The zero-order chi connectivity index (χ0) is 12.3. The minimum Gasteiger partial charge on any atom is -0.353 e. The maximum absolute atomic E-state index is 12.5. The van der Waals surface area contributed by atoms with Crippen LogP contribution in [0.3, 0.4) is 0 Å². The summed E-state index contributed by atoms with van der Waals surface area (Å²) in [5.41, 5.74) is -0.111. The topological polar surface area (TPSA) is 41.1 Å². The van der Waals surface area contributed by atoms with E-state index in [1.165, 1.54) is 19.3 Å². The van der Waals surface area contributed by atoms with Crippen molar-refractivity contribution in [2.24, 2.45) is 11.3 Å². The van der Waals surface area contributed by atoms with E-state index in [2.05, 4.69) is 24.5 Å². The molecule has 1 aliphatic heterocycles. The summed E-state index contributed by atoms with van der Waals surface area (Å²) in [6.45, 7) is 6.32. The molecular weight excluding hydrogens is 212 g/mol. The summed E-state index contributed by atoms with van der Waals surface area (Å²) < 4.78 is 0. The first-order valence-corrected chi connectivity index (χ1v) is 7.18. The highest BCUT2D eigenvalue weighted by Gasteiger charge is 2.41. The van der Waals surface area contributed by atoms with Crippen LogP contribution in [0.5, 0.6) is 0 Å². The Morgan fingerprint density at radius 3 is 2.82 bits per heavy atom. The van der Waals surface area contributed by atoms with Gasteiger partial charge in [-0.1, -0.05) is 20.3 Å². The quantitative estimate of drug-likeness (QED) is 0.787. The molecule has 3 heteroatoms. The van der Waals surface area contributed by atoms with Crippen LogP contribution in [0.4, 0.5) is 0 Å². The maximum Gasteiger partial charge on any atom is 0.227 e. The Balaban J connectivity index is 1.92. The van der Waals surface area contributed by atoms with Crippen LogP contribution in [-0.4, -0.2) is 25.0 Å². The summed E-state index contributed by atoms with van der Waals surface area (Å²) in [6.07, 6.45) is 6.73. The van der Waals surface area contributed by atoms with Crippen molar-refractivity contribution in [3.05, 3.63) is 0 Å². The molecule has 0 aromatic carbocycles. The Hall–Kier alpha value is -0.570. The predicted octanol–water partition coefficient (Wildman–Crippen LogP) is 2.07. The third kappa shape index (κ3) is 2.82. The third-order valence-corrected chi connectivity index (χ3v) is 4.48. The summed E-state index contributed by atoms with van der Waals surface area (Å²) in [5.74, 6) is 1.09. The molecule has 3 nitrogen and oxygen atoms in total. The van der Waals surface area contributed by atoms with E-state index in [0.29, 0.717) is 11.9 Å². The Bertz CT molecular complexity index is 271. The molecule has 1 heterocycles. The summed E-state index contributed by atoms with van der Waals surface area (Å²) in [6, 6.07) is 0.437. The van der Waals surface area contributed by atoms with E-state index in [4.69, 9.17) is 0 Å². The molecule has 2 aliphatic rings. The minimum atomic E-state index is -0.111. The monoisotopic (exact) mass is 238 g/mol. The Labute approximate surface area is 105 Å². The molecule has 3 atom stereocenters. The molecular formula is C14H26N2O. The molecule has 1 saturated carbocycles. The Morgan fingerprint density at radius 2 is 2.29 bits per heavy atom. The van der Waals surface area contributed by atoms with Crippen LogP contribution in [0.15, 0.2) is 0 Å². The number of carbonyl (C=O) groups is 1. The van der Waals surface area contributed by atoms with Crippen molar-refractivity contribution in [2.45, 2.75) is 58.4 Å². The smallest absolute Gasteiger partial charge is 0.227 e. The molecule has 0 bridgehead atoms. The fourth-order valence-electron chi connectivity index (χ4n) is 3.42. The fourth-order valence-corrected chi connectivity index (χ4v) is 3.42. The van der Waals surface area contributed by atoms with E-state index in [9.17, 15) is 4.79 Å². The second-order valence-corrected chi connectivity index (χ2v) is 6.05. The van der Waals surface area contributed by atoms with E-state index in [0.717, 1.165) is 38.3 Å². The Kier molecular flexibility index (Phi) is 4.08. The molecule has 0 aromatic heterocycles. The van der Waals surface area contributed by atoms with Crippen LogP contribution in [0.2, 0.25) is 0 Å². The lowest BCUT2D eigenvalue weighted by atomic mass is 9.81. The minimum absolute atomic E-state index is 0.111. The highest BCUT2D eigenvalue weighted by atomic mass is 16.2. The van der Waals surface area contributed by atoms with Crippen molar-refractivity contribution >= 4 is 5.91 Å². The summed E-state index contributed by atoms with van der Waals surface area (Å²) in [7, 11) is 0. The number of amides is 1. The predicted molar refractivity (Wildman–Crippen MR) is 69.8 cm³/mol. The van der Waals surface area contributed by atoms with Crippen molar-refractivity contribution in [3.8, 4) is 0 Å². The van der Waals surface area contributed by atoms with Gasteiger partial charge in [0.25, 0.3) is 0 Å². The first-order chi connectivity index (χ1) is 8.16. The van der Waals surface area contributed by atoms with Crippen LogP contribution < -0.4 is 10.6 Å². The van der Waals surface area contributed by atoms with Crippen LogP contribution in [-0.2, 0) is 4.79 Å². The molecule has 1 aliphatic carbocycles. The molecule has 0 aromatic rings. The van der Waals surface area contributed by atoms with E-state index < -0.39 is 0 Å². The third-order valence-electron chi connectivity index (χ3n) is 4.48. The van der Waals surface area contributed by atoms with E-state index in [1.54, 1.807) is 0 Å². The fraction of sp³-hybridized carbons (Fsp3) is 0.929. The molecule has 1 amide bonds. The summed E-state index contributed by atoms with van der Waals surface area (Å²) in [4.78, 5) is 12.5. The van der Waals surface area contributed by atoms with Gasteiger partial charge in [0.05, 0.1) is 5.41 Å². The molecule has 98 valence electrons. The lowest BCUT2D eigenvalue weighted by Crippen LogP contribution is -2.46. The number of hydrogen-bond acceptors (Lipinski definition) is 2. The zero-order valence-electron chi connectivity index (χ0n) is 11.2. The molecule has 0 spiro atoms. The van der Waals surface area contributed by atoms with Gasteiger partial charge in [0.15, 0.2) is 0 Å². The van der Waals surface area contributed by atoms with Crippen molar-refractivity contribution in [1.29, 1.82) is 0 Å². The molecule has 17 heavy (non-hydrogen) atoms. The zero-order valence-corrected chi connectivity index (χ0v) is 11.2. The molecule has 2 fully saturated rings. The Morgan fingerprint density at radius 1 is 1.47 bits per heavy atom. The molecule has 2 N–H and O–H groups in total. The molecule has 1 saturated heterocycles. The molecule has 3 unspecified atom stereocenters. The first kappa shape index (κ1) is 12.9. The highest BCUT2D eigenvalue weighted by molar-refractivity contribution is 5.83. The van der Waals surface area contributed by atoms with Gasteiger partial charge in [-0.3, -0.25) is 4.79 Å². The highest BCUT2D eigenvalue weighted by Crippen LogP contribution is 2.33. The molecule has 2 rings (SSSR count). The lowest BCUT2D eigenvalue weighted by molar-refractivity contribution is -0.131. The van der Waals surface area contributed by atoms with Crippen molar-refractivity contribution in [1.82, 2.24) is 10.6 Å². The van der Waals surface area contributed by atoms with Gasteiger partial charge in [-0.25, -0.2) is 0 Å². The number of nitrogens with one attached hydrogen (secondary N) is 2. The average molecular weight is 238 g/mol. The van der Waals surface area contributed by atoms with Crippen LogP contribution >= 0.6 is 0 Å². The summed E-state index contributed by atoms with van der Waals surface area (Å²) >= 11 is 0. The number of carbonyl (C=O) groups excluding carboxylic acids is 1. The SMILES string of the molecule is CCCC1(C(=O)NC2CCC(C)C2)CCNC1. The van der Waals surface area contributed by atoms with Gasteiger partial charge in [-0.2, -0.15) is 0 Å². The van der Waals surface area contributed by atoms with Crippen LogP contribution in [0.1, 0.15) is 52.4 Å². The van der Waals surface area contributed by atoms with Crippen LogP contribution in [0, 0.1) is 11.3 Å². The standard InChI is InChI=1S/C14H26N2O/c1-3-6-14(7-8-15-10-14)13(17)16-12-5-4-11(2)9-12/h11-12,15H,3-10H2,1-2H3,(H,16,17). The van der Waals surface area contributed by atoms with Gasteiger partial charge in [-0.05, 0) is 44.6 Å². The van der Waals surface area contributed by atoms with E-state index >= 15 is 0 Å². The van der Waals surface area contributed by atoms with Gasteiger partial charge in [0.2, 0.25) is 5.91 Å². The number of rotatable bonds is 4. The van der Waals surface area contributed by atoms with Gasteiger partial charge in [-0.15, -0.1) is 0 Å². The lowest BCUT2D eigenvalue weighted by Gasteiger charge is -2.28. The van der Waals surface area contributed by atoms with Crippen molar-refractivity contribution in [3.63, 3.8) is 0 Å². The van der Waals surface area contributed by atoms with Crippen LogP contribution in [0.25, 0.3) is 0 Å². The van der Waals surface area contributed by atoms with Gasteiger partial charge < -0.3 is 10.6 Å². The van der Waals surface area contributed by atoms with E-state index in [-0.39, 0.29) is 5.41 Å². The number of hydrogen-bond donors (Lipinski definition) is 2. The second-order valence-electron chi connectivity index (χ2n) is 6.05. The van der Waals surface area contributed by atoms with Gasteiger partial charge >= 0.3 is 0 Å². The average Bonchev–Trinajstić information content (AvgIpc) is 2.89. The maximum atomic E-state index is 12.5.